The van der Waals surface area contributed by atoms with Gasteiger partial charge in [-0.1, -0.05) is 101 Å². The number of carbonyl (C=O) groups excluding carboxylic acids is 4. The molecule has 11 heteroatoms. The lowest BCUT2D eigenvalue weighted by atomic mass is 9.70. The van der Waals surface area contributed by atoms with Crippen LogP contribution in [-0.2, 0) is 35.1 Å². The minimum atomic E-state index is -1.40. The van der Waals surface area contributed by atoms with Crippen LogP contribution in [0.1, 0.15) is 47.6 Å². The SMILES string of the molecule is C=CCCC(=O)NC[C@@H](OC(=O)[C@@H]1[C@H]2O[C@@]3(CC2Br)[C@H](C(=O)N(CC=C)c2cc(C)ccc2C)N([C@@H](CO)Cc2ccccc2)C(=O)[C@@H]13)c1ccccc1. The van der Waals surface area contributed by atoms with Crippen LogP contribution in [0.2, 0.25) is 0 Å². The van der Waals surface area contributed by atoms with Crippen molar-refractivity contribution in [3.05, 3.63) is 126 Å². The molecule has 0 saturated carbocycles. The highest BCUT2D eigenvalue weighted by Gasteiger charge is 2.77. The summed E-state index contributed by atoms with van der Waals surface area (Å²) >= 11 is 3.76. The lowest BCUT2D eigenvalue weighted by Gasteiger charge is -2.39. The summed E-state index contributed by atoms with van der Waals surface area (Å²) in [6.45, 7) is 11.2. The molecule has 3 aromatic rings. The minimum absolute atomic E-state index is 0.0225. The van der Waals surface area contributed by atoms with Gasteiger partial charge in [0.15, 0.2) is 0 Å². The first-order valence-electron chi connectivity index (χ1n) is 18.5. The molecule has 3 amide bonds. The maximum atomic E-state index is 15.3. The van der Waals surface area contributed by atoms with Crippen molar-refractivity contribution in [2.45, 2.75) is 74.3 Å². The summed E-state index contributed by atoms with van der Waals surface area (Å²) in [6, 6.07) is 22.5. The van der Waals surface area contributed by atoms with Gasteiger partial charge in [-0.2, -0.15) is 0 Å². The van der Waals surface area contributed by atoms with Crippen LogP contribution in [0.15, 0.2) is 104 Å². The smallest absolute Gasteiger partial charge is 0.313 e. The Morgan fingerprint density at radius 2 is 1.78 bits per heavy atom. The number of anilines is 1. The Bertz CT molecular complexity index is 1870. The summed E-state index contributed by atoms with van der Waals surface area (Å²) in [4.78, 5) is 60.2. The number of allylic oxidation sites excluding steroid dienone is 1. The van der Waals surface area contributed by atoms with Crippen molar-refractivity contribution in [3.63, 3.8) is 0 Å². The van der Waals surface area contributed by atoms with Gasteiger partial charge in [-0.15, -0.1) is 13.2 Å². The van der Waals surface area contributed by atoms with E-state index in [0.717, 1.165) is 16.7 Å². The van der Waals surface area contributed by atoms with Crippen molar-refractivity contribution in [1.82, 2.24) is 10.2 Å². The summed E-state index contributed by atoms with van der Waals surface area (Å²) in [6.07, 6.45) is 2.99. The van der Waals surface area contributed by atoms with Crippen LogP contribution in [0.5, 0.6) is 0 Å². The number of likely N-dealkylation sites (tertiary alicyclic amines) is 1. The first-order valence-corrected chi connectivity index (χ1v) is 19.4. The van der Waals surface area contributed by atoms with E-state index in [0.29, 0.717) is 17.7 Å². The highest BCUT2D eigenvalue weighted by molar-refractivity contribution is 9.09. The number of aliphatic hydroxyl groups excluding tert-OH is 1. The summed E-state index contributed by atoms with van der Waals surface area (Å²) in [5.74, 6) is -3.83. The number of ether oxygens (including phenoxy) is 2. The Kier molecular flexibility index (Phi) is 12.2. The third kappa shape index (κ3) is 7.54. The molecule has 54 heavy (non-hydrogen) atoms. The fourth-order valence-corrected chi connectivity index (χ4v) is 9.33. The molecule has 2 bridgehead atoms. The number of rotatable bonds is 16. The van der Waals surface area contributed by atoms with Crippen molar-refractivity contribution >= 4 is 45.3 Å². The van der Waals surface area contributed by atoms with Crippen LogP contribution >= 0.6 is 15.9 Å². The fourth-order valence-electron chi connectivity index (χ4n) is 8.38. The number of nitrogens with zero attached hydrogens (tertiary/aromatic N) is 2. The molecule has 0 aliphatic carbocycles. The van der Waals surface area contributed by atoms with Crippen LogP contribution in [0.3, 0.4) is 0 Å². The maximum absolute atomic E-state index is 15.3. The van der Waals surface area contributed by atoms with E-state index in [2.05, 4.69) is 34.4 Å². The number of fused-ring (bicyclic) bond motifs is 1. The van der Waals surface area contributed by atoms with E-state index in [-0.39, 0.29) is 49.0 Å². The molecule has 1 spiro atoms. The third-order valence-corrected chi connectivity index (χ3v) is 11.7. The Morgan fingerprint density at radius 1 is 1.07 bits per heavy atom. The first-order chi connectivity index (χ1) is 26.0. The van der Waals surface area contributed by atoms with E-state index < -0.39 is 60.2 Å². The summed E-state index contributed by atoms with van der Waals surface area (Å²) < 4.78 is 13.0. The Labute approximate surface area is 325 Å². The molecular weight excluding hydrogens is 750 g/mol. The summed E-state index contributed by atoms with van der Waals surface area (Å²) in [5.41, 5.74) is 2.64. The second-order valence-corrected chi connectivity index (χ2v) is 15.6. The summed E-state index contributed by atoms with van der Waals surface area (Å²) in [5, 5.41) is 13.8. The second kappa shape index (κ2) is 16.8. The van der Waals surface area contributed by atoms with Crippen LogP contribution in [0.4, 0.5) is 5.69 Å². The van der Waals surface area contributed by atoms with Crippen LogP contribution in [0.25, 0.3) is 0 Å². The van der Waals surface area contributed by atoms with E-state index in [9.17, 15) is 14.7 Å². The number of benzene rings is 3. The lowest BCUT2D eigenvalue weighted by Crippen LogP contribution is -2.59. The number of hydrogen-bond acceptors (Lipinski definition) is 7. The van der Waals surface area contributed by atoms with E-state index in [1.807, 2.05) is 92.7 Å². The number of alkyl halides is 1. The number of amides is 3. The molecule has 0 radical (unpaired) electrons. The van der Waals surface area contributed by atoms with E-state index in [1.54, 1.807) is 17.1 Å². The predicted octanol–water partition coefficient (Wildman–Crippen LogP) is 5.54. The van der Waals surface area contributed by atoms with Gasteiger partial charge >= 0.3 is 5.97 Å². The normalized spacial score (nSPS) is 25.1. The molecule has 3 saturated heterocycles. The average Bonchev–Trinajstić information content (AvgIpc) is 3.78. The third-order valence-electron chi connectivity index (χ3n) is 10.9. The largest absolute Gasteiger partial charge is 0.455 e. The van der Waals surface area contributed by atoms with Crippen molar-refractivity contribution < 1.29 is 33.8 Å². The van der Waals surface area contributed by atoms with Gasteiger partial charge in [-0.3, -0.25) is 19.2 Å². The molecule has 3 aliphatic heterocycles. The number of esters is 1. The maximum Gasteiger partial charge on any atom is 0.313 e. The van der Waals surface area contributed by atoms with E-state index in [1.165, 1.54) is 4.90 Å². The lowest BCUT2D eigenvalue weighted by molar-refractivity contribution is -0.160. The quantitative estimate of drug-likeness (QED) is 0.111. The van der Waals surface area contributed by atoms with Gasteiger partial charge in [-0.25, -0.2) is 0 Å². The number of nitrogens with one attached hydrogen (secondary N) is 1. The van der Waals surface area contributed by atoms with Crippen molar-refractivity contribution in [2.75, 3.05) is 24.6 Å². The number of aryl methyl sites for hydroxylation is 2. The number of hydrogen-bond donors (Lipinski definition) is 2. The molecule has 3 aliphatic rings. The molecule has 6 rings (SSSR count). The highest BCUT2D eigenvalue weighted by Crippen LogP contribution is 2.61. The number of halogens is 1. The van der Waals surface area contributed by atoms with Crippen LogP contribution in [0, 0.1) is 25.7 Å². The van der Waals surface area contributed by atoms with Crippen LogP contribution < -0.4 is 10.2 Å². The zero-order valence-electron chi connectivity index (χ0n) is 30.7. The Balaban J connectivity index is 1.40. The molecular formula is C43H48BrN3O7. The molecule has 10 nitrogen and oxygen atoms in total. The molecule has 284 valence electrons. The van der Waals surface area contributed by atoms with Crippen LogP contribution in [-0.4, -0.2) is 82.0 Å². The van der Waals surface area contributed by atoms with Gasteiger partial charge in [0.2, 0.25) is 11.8 Å². The standard InChI is InChI=1S/C43H48BrN3O7/c1-5-7-18-35(49)45-25-34(30-16-12-9-13-17-30)53-42(52)36-37-40(50)47(31(26-48)23-29-14-10-8-11-15-29)39(43(37)24-32(44)38(36)54-43)41(51)46(21-6-2)33-22-27(3)19-20-28(33)4/h5-6,8-17,19-20,22,31-32,34,36-39,48H,1-2,7,18,21,23-26H2,3-4H3,(H,45,49)/t31-,32?,34-,36+,37-,38+,39+,43-/m1/s1. The highest BCUT2D eigenvalue weighted by atomic mass is 79.9. The van der Waals surface area contributed by atoms with Gasteiger partial charge in [-0.05, 0) is 61.4 Å². The number of aliphatic hydroxyl groups is 1. The van der Waals surface area contributed by atoms with Crippen molar-refractivity contribution in [1.29, 1.82) is 0 Å². The Morgan fingerprint density at radius 3 is 2.44 bits per heavy atom. The van der Waals surface area contributed by atoms with E-state index in [4.69, 9.17) is 9.47 Å². The zero-order valence-corrected chi connectivity index (χ0v) is 32.3. The molecule has 1 unspecified atom stereocenters. The van der Waals surface area contributed by atoms with Gasteiger partial charge in [0.25, 0.3) is 5.91 Å². The second-order valence-electron chi connectivity index (χ2n) is 14.4. The molecule has 2 N–H and O–H groups in total. The monoisotopic (exact) mass is 797 g/mol. The molecule has 0 aromatic heterocycles. The average molecular weight is 799 g/mol. The molecule has 3 fully saturated rings. The molecule has 3 aromatic carbocycles. The minimum Gasteiger partial charge on any atom is -0.455 e. The van der Waals surface area contributed by atoms with Gasteiger partial charge in [0, 0.05) is 23.5 Å². The zero-order chi connectivity index (χ0) is 38.6. The van der Waals surface area contributed by atoms with Crippen molar-refractivity contribution in [3.8, 4) is 0 Å². The number of carbonyl (C=O) groups is 4. The topological polar surface area (TPSA) is 125 Å². The van der Waals surface area contributed by atoms with E-state index >= 15 is 9.59 Å². The van der Waals surface area contributed by atoms with Gasteiger partial charge < -0.3 is 29.7 Å². The Hall–Kier alpha value is -4.58. The van der Waals surface area contributed by atoms with Crippen molar-refractivity contribution in [2.24, 2.45) is 11.8 Å². The first kappa shape index (κ1) is 39.1. The fraction of sp³-hybridized carbons (Fsp3) is 0.395. The van der Waals surface area contributed by atoms with Gasteiger partial charge in [0.1, 0.15) is 17.7 Å². The summed E-state index contributed by atoms with van der Waals surface area (Å²) in [7, 11) is 0. The van der Waals surface area contributed by atoms with Gasteiger partial charge in [0.05, 0.1) is 37.1 Å². The predicted molar refractivity (Wildman–Crippen MR) is 210 cm³/mol. The molecule has 3 heterocycles. The molecule has 8 atom stereocenters.